The monoisotopic (exact) mass is 275 g/mol. The Balaban J connectivity index is 1.87. The maximum atomic E-state index is 12.0. The van der Waals surface area contributed by atoms with Gasteiger partial charge in [-0.2, -0.15) is 0 Å². The van der Waals surface area contributed by atoms with Gasteiger partial charge in [0.2, 0.25) is 5.91 Å². The molecule has 108 valence electrons. The quantitative estimate of drug-likeness (QED) is 0.839. The van der Waals surface area contributed by atoms with Gasteiger partial charge in [-0.25, -0.2) is 0 Å². The summed E-state index contributed by atoms with van der Waals surface area (Å²) in [5.74, 6) is 0.150. The van der Waals surface area contributed by atoms with E-state index in [1.165, 1.54) is 18.2 Å². The predicted molar refractivity (Wildman–Crippen MR) is 76.1 cm³/mol. The molecule has 4 heteroatoms. The maximum Gasteiger partial charge on any atom is 0.305 e. The van der Waals surface area contributed by atoms with Crippen LogP contribution in [0.4, 0.5) is 0 Å². The minimum atomic E-state index is -0.266. The van der Waals surface area contributed by atoms with E-state index in [1.807, 2.05) is 12.1 Å². The molecule has 0 aromatic heterocycles. The first kappa shape index (κ1) is 14.6. The lowest BCUT2D eigenvalue weighted by Gasteiger charge is -2.18. The summed E-state index contributed by atoms with van der Waals surface area (Å²) in [4.78, 5) is 23.0. The summed E-state index contributed by atoms with van der Waals surface area (Å²) in [6.45, 7) is 2.15. The van der Waals surface area contributed by atoms with Crippen molar-refractivity contribution in [3.63, 3.8) is 0 Å². The average molecular weight is 275 g/mol. The van der Waals surface area contributed by atoms with Crippen molar-refractivity contribution in [1.82, 2.24) is 5.32 Å². The Labute approximate surface area is 119 Å². The molecule has 0 heterocycles. The van der Waals surface area contributed by atoms with E-state index in [1.54, 1.807) is 0 Å². The van der Waals surface area contributed by atoms with Crippen molar-refractivity contribution in [2.75, 3.05) is 7.11 Å². The Morgan fingerprint density at radius 2 is 2.05 bits per heavy atom. The Bertz CT molecular complexity index is 498. The molecular formula is C16H21NO3. The van der Waals surface area contributed by atoms with Gasteiger partial charge in [-0.3, -0.25) is 9.59 Å². The van der Waals surface area contributed by atoms with E-state index in [0.717, 1.165) is 6.42 Å². The Morgan fingerprint density at radius 1 is 1.30 bits per heavy atom. The van der Waals surface area contributed by atoms with E-state index in [9.17, 15) is 9.59 Å². The third-order valence-electron chi connectivity index (χ3n) is 3.83. The van der Waals surface area contributed by atoms with Crippen LogP contribution < -0.4 is 5.32 Å². The molecule has 1 aromatic rings. The predicted octanol–water partition coefficient (Wildman–Crippen LogP) is 2.38. The Morgan fingerprint density at radius 3 is 2.80 bits per heavy atom. The largest absolute Gasteiger partial charge is 0.469 e. The second kappa shape index (κ2) is 6.55. The van der Waals surface area contributed by atoms with Crippen molar-refractivity contribution in [2.24, 2.45) is 5.92 Å². The van der Waals surface area contributed by atoms with E-state index < -0.39 is 0 Å². The molecule has 0 bridgehead atoms. The maximum absolute atomic E-state index is 12.0. The lowest BCUT2D eigenvalue weighted by molar-refractivity contribution is -0.140. The van der Waals surface area contributed by atoms with Crippen LogP contribution in [0.15, 0.2) is 24.3 Å². The van der Waals surface area contributed by atoms with E-state index in [2.05, 4.69) is 29.1 Å². The number of hydrogen-bond donors (Lipinski definition) is 1. The van der Waals surface area contributed by atoms with Crippen LogP contribution in [-0.2, 0) is 20.7 Å². The van der Waals surface area contributed by atoms with Crippen molar-refractivity contribution in [1.29, 1.82) is 0 Å². The number of hydrogen-bond acceptors (Lipinski definition) is 3. The second-order valence-electron chi connectivity index (χ2n) is 5.36. The summed E-state index contributed by atoms with van der Waals surface area (Å²) in [6.07, 6.45) is 2.19. The van der Waals surface area contributed by atoms with Crippen LogP contribution in [0.1, 0.15) is 43.4 Å². The van der Waals surface area contributed by atoms with Crippen LogP contribution in [0.5, 0.6) is 0 Å². The normalized spacial score (nSPS) is 20.3. The highest BCUT2D eigenvalue weighted by atomic mass is 16.5. The summed E-state index contributed by atoms with van der Waals surface area (Å²) < 4.78 is 4.56. The minimum Gasteiger partial charge on any atom is -0.469 e. The third-order valence-corrected chi connectivity index (χ3v) is 3.83. The number of fused-ring (bicyclic) bond motifs is 1. The SMILES string of the molecule is COC(=O)CCCC(=O)N[C@@H]1c2ccccc2C[C@H]1C. The minimum absolute atomic E-state index is 0.00227. The molecule has 0 radical (unpaired) electrons. The van der Waals surface area contributed by atoms with Crippen molar-refractivity contribution in [2.45, 2.75) is 38.6 Å². The van der Waals surface area contributed by atoms with Crippen LogP contribution in [0.25, 0.3) is 0 Å². The van der Waals surface area contributed by atoms with Gasteiger partial charge in [0.05, 0.1) is 13.2 Å². The van der Waals surface area contributed by atoms with Gasteiger partial charge >= 0.3 is 5.97 Å². The van der Waals surface area contributed by atoms with Gasteiger partial charge in [-0.05, 0) is 29.9 Å². The highest BCUT2D eigenvalue weighted by Crippen LogP contribution is 2.35. The molecule has 1 aliphatic rings. The molecule has 0 unspecified atom stereocenters. The summed E-state index contributed by atoms with van der Waals surface area (Å²) in [7, 11) is 1.36. The number of ether oxygens (including phenoxy) is 1. The molecule has 0 saturated carbocycles. The molecule has 1 aromatic carbocycles. The molecule has 1 N–H and O–H groups in total. The topological polar surface area (TPSA) is 55.4 Å². The number of benzene rings is 1. The lowest BCUT2D eigenvalue weighted by atomic mass is 10.0. The van der Waals surface area contributed by atoms with Gasteiger partial charge in [0.15, 0.2) is 0 Å². The number of amides is 1. The summed E-state index contributed by atoms with van der Waals surface area (Å²) >= 11 is 0. The van der Waals surface area contributed by atoms with Crippen LogP contribution in [0.3, 0.4) is 0 Å². The van der Waals surface area contributed by atoms with Gasteiger partial charge in [-0.1, -0.05) is 31.2 Å². The van der Waals surface area contributed by atoms with Crippen LogP contribution in [-0.4, -0.2) is 19.0 Å². The zero-order chi connectivity index (χ0) is 14.5. The van der Waals surface area contributed by atoms with E-state index in [0.29, 0.717) is 25.2 Å². The van der Waals surface area contributed by atoms with Gasteiger partial charge in [0.1, 0.15) is 0 Å². The first-order valence-electron chi connectivity index (χ1n) is 7.05. The molecule has 0 aliphatic heterocycles. The highest BCUT2D eigenvalue weighted by Gasteiger charge is 2.29. The first-order valence-corrected chi connectivity index (χ1v) is 7.05. The number of carbonyl (C=O) groups excluding carboxylic acids is 2. The molecule has 0 saturated heterocycles. The Kier molecular flexibility index (Phi) is 4.77. The lowest BCUT2D eigenvalue weighted by Crippen LogP contribution is -2.30. The molecule has 0 spiro atoms. The van der Waals surface area contributed by atoms with E-state index in [4.69, 9.17) is 0 Å². The third kappa shape index (κ3) is 3.38. The molecular weight excluding hydrogens is 254 g/mol. The fourth-order valence-electron chi connectivity index (χ4n) is 2.76. The number of carbonyl (C=O) groups is 2. The van der Waals surface area contributed by atoms with Crippen molar-refractivity contribution >= 4 is 11.9 Å². The zero-order valence-corrected chi connectivity index (χ0v) is 12.0. The molecule has 2 rings (SSSR count). The molecule has 4 nitrogen and oxygen atoms in total. The smallest absolute Gasteiger partial charge is 0.305 e. The number of rotatable bonds is 5. The number of methoxy groups -OCH3 is 1. The van der Waals surface area contributed by atoms with Crippen LogP contribution in [0, 0.1) is 5.92 Å². The van der Waals surface area contributed by atoms with Gasteiger partial charge in [0.25, 0.3) is 0 Å². The molecule has 1 amide bonds. The standard InChI is InChI=1S/C16H21NO3/c1-11-10-12-6-3-4-7-13(12)16(11)17-14(18)8-5-9-15(19)20-2/h3-4,6-7,11,16H,5,8-10H2,1-2H3,(H,17,18)/t11-,16+/m1/s1. The summed E-state index contributed by atoms with van der Waals surface area (Å²) in [6, 6.07) is 8.34. The van der Waals surface area contributed by atoms with E-state index in [-0.39, 0.29) is 17.9 Å². The van der Waals surface area contributed by atoms with Crippen LogP contribution in [0.2, 0.25) is 0 Å². The number of nitrogens with one attached hydrogen (secondary N) is 1. The van der Waals surface area contributed by atoms with Crippen molar-refractivity contribution < 1.29 is 14.3 Å². The zero-order valence-electron chi connectivity index (χ0n) is 12.0. The molecule has 0 fully saturated rings. The fraction of sp³-hybridized carbons (Fsp3) is 0.500. The molecule has 20 heavy (non-hydrogen) atoms. The van der Waals surface area contributed by atoms with Crippen molar-refractivity contribution in [3.05, 3.63) is 35.4 Å². The first-order chi connectivity index (χ1) is 9.61. The van der Waals surface area contributed by atoms with Gasteiger partial charge in [-0.15, -0.1) is 0 Å². The summed E-state index contributed by atoms with van der Waals surface area (Å²) in [5, 5.41) is 3.09. The summed E-state index contributed by atoms with van der Waals surface area (Å²) in [5.41, 5.74) is 2.54. The van der Waals surface area contributed by atoms with Crippen LogP contribution >= 0.6 is 0 Å². The average Bonchev–Trinajstić information content (AvgIpc) is 2.75. The van der Waals surface area contributed by atoms with Gasteiger partial charge in [0, 0.05) is 12.8 Å². The van der Waals surface area contributed by atoms with Gasteiger partial charge < -0.3 is 10.1 Å². The Hall–Kier alpha value is -1.84. The molecule has 1 aliphatic carbocycles. The second-order valence-corrected chi connectivity index (χ2v) is 5.36. The number of esters is 1. The van der Waals surface area contributed by atoms with E-state index >= 15 is 0 Å². The van der Waals surface area contributed by atoms with Crippen molar-refractivity contribution in [3.8, 4) is 0 Å². The highest BCUT2D eigenvalue weighted by molar-refractivity contribution is 5.77. The molecule has 2 atom stereocenters. The fourth-order valence-corrected chi connectivity index (χ4v) is 2.76.